The van der Waals surface area contributed by atoms with E-state index in [1.807, 2.05) is 79.7 Å². The Morgan fingerprint density at radius 3 is 2.24 bits per heavy atom. The largest absolute Gasteiger partial charge is 0.332 e. The van der Waals surface area contributed by atoms with Gasteiger partial charge >= 0.3 is 0 Å². The maximum Gasteiger partial charge on any atom is 0.257 e. The number of anilines is 1. The number of nitrogens with zero attached hydrogens (tertiary/aromatic N) is 1. The van der Waals surface area contributed by atoms with Crippen LogP contribution in [0.15, 0.2) is 97.1 Å². The molecule has 2 N–H and O–H groups in total. The van der Waals surface area contributed by atoms with E-state index in [9.17, 15) is 4.79 Å². The number of carbonyl (C=O) groups is 1. The summed E-state index contributed by atoms with van der Waals surface area (Å²) in [5.74, 6) is -0.249. The molecule has 0 bridgehead atoms. The van der Waals surface area contributed by atoms with Crippen LogP contribution in [0.3, 0.4) is 0 Å². The minimum absolute atomic E-state index is 0.249. The van der Waals surface area contributed by atoms with Crippen LogP contribution in [0.4, 0.5) is 5.69 Å². The molecule has 166 valence electrons. The summed E-state index contributed by atoms with van der Waals surface area (Å²) in [5, 5.41) is 7.14. The second-order valence-corrected chi connectivity index (χ2v) is 9.31. The van der Waals surface area contributed by atoms with Crippen molar-refractivity contribution in [1.29, 1.82) is 0 Å². The molecule has 0 unspecified atom stereocenters. The van der Waals surface area contributed by atoms with E-state index in [1.165, 1.54) is 0 Å². The number of aryl methyl sites for hydroxylation is 1. The molecule has 0 atom stereocenters. The summed E-state index contributed by atoms with van der Waals surface area (Å²) in [6.45, 7) is 2.01. The number of fused-ring (bicyclic) bond motifs is 1. The van der Waals surface area contributed by atoms with Crippen molar-refractivity contribution >= 4 is 50.5 Å². The number of benzene rings is 4. The summed E-state index contributed by atoms with van der Waals surface area (Å²) in [4.78, 5) is 17.4. The lowest BCUT2D eigenvalue weighted by atomic mass is 10.0. The Labute approximate surface area is 207 Å². The van der Waals surface area contributed by atoms with E-state index in [0.29, 0.717) is 5.56 Å². The van der Waals surface area contributed by atoms with Crippen LogP contribution in [-0.2, 0) is 0 Å². The first kappa shape index (κ1) is 21.9. The molecule has 0 aliphatic heterocycles. The third-order valence-corrected chi connectivity index (χ3v) is 6.79. The third kappa shape index (κ3) is 4.73. The van der Waals surface area contributed by atoms with Crippen LogP contribution in [0.1, 0.15) is 15.9 Å². The molecule has 0 aliphatic rings. The third-order valence-electron chi connectivity index (χ3n) is 5.50. The minimum atomic E-state index is -0.249. The molecular weight excluding hydrogens is 458 g/mol. The molecular formula is C28H21N3OS2. The molecule has 4 aromatic carbocycles. The first-order valence-corrected chi connectivity index (χ1v) is 12.0. The van der Waals surface area contributed by atoms with Gasteiger partial charge in [0.1, 0.15) is 5.01 Å². The summed E-state index contributed by atoms with van der Waals surface area (Å²) in [7, 11) is 0. The zero-order valence-electron chi connectivity index (χ0n) is 18.4. The Hall–Kier alpha value is -3.87. The van der Waals surface area contributed by atoms with Crippen LogP contribution >= 0.6 is 23.6 Å². The number of aromatic nitrogens is 1. The van der Waals surface area contributed by atoms with Gasteiger partial charge in [-0.2, -0.15) is 0 Å². The average molecular weight is 480 g/mol. The second-order valence-electron chi connectivity index (χ2n) is 7.87. The Bertz CT molecular complexity index is 1460. The predicted molar refractivity (Wildman–Crippen MR) is 145 cm³/mol. The molecule has 0 aliphatic carbocycles. The molecule has 0 fully saturated rings. The summed E-state index contributed by atoms with van der Waals surface area (Å²) < 4.78 is 1.16. The van der Waals surface area contributed by atoms with Gasteiger partial charge in [-0.3, -0.25) is 10.1 Å². The summed E-state index contributed by atoms with van der Waals surface area (Å²) in [5.41, 5.74) is 6.63. The fraction of sp³-hybridized carbons (Fsp3) is 0.0357. The normalized spacial score (nSPS) is 10.7. The maximum absolute atomic E-state index is 12.7. The lowest BCUT2D eigenvalue weighted by Gasteiger charge is -2.13. The fourth-order valence-electron chi connectivity index (χ4n) is 3.71. The Kier molecular flexibility index (Phi) is 6.16. The van der Waals surface area contributed by atoms with Gasteiger partial charge in [-0.1, -0.05) is 54.6 Å². The molecule has 34 heavy (non-hydrogen) atoms. The molecule has 6 heteroatoms. The van der Waals surface area contributed by atoms with Crippen LogP contribution in [0, 0.1) is 6.92 Å². The van der Waals surface area contributed by atoms with Crippen LogP contribution in [0.2, 0.25) is 0 Å². The van der Waals surface area contributed by atoms with E-state index < -0.39 is 0 Å². The lowest BCUT2D eigenvalue weighted by Crippen LogP contribution is -2.34. The van der Waals surface area contributed by atoms with Crippen molar-refractivity contribution in [2.24, 2.45) is 0 Å². The Morgan fingerprint density at radius 1 is 0.824 bits per heavy atom. The van der Waals surface area contributed by atoms with Crippen molar-refractivity contribution in [3.63, 3.8) is 0 Å². The van der Waals surface area contributed by atoms with Gasteiger partial charge in [0.2, 0.25) is 0 Å². The van der Waals surface area contributed by atoms with Gasteiger partial charge in [-0.05, 0) is 78.3 Å². The number of thiazole rings is 1. The Balaban J connectivity index is 1.24. The molecule has 1 aromatic heterocycles. The molecule has 0 saturated heterocycles. The first-order valence-electron chi connectivity index (χ1n) is 10.8. The Morgan fingerprint density at radius 2 is 1.50 bits per heavy atom. The molecule has 1 heterocycles. The van der Waals surface area contributed by atoms with Crippen molar-refractivity contribution < 1.29 is 4.79 Å². The topological polar surface area (TPSA) is 54.0 Å². The number of thiocarbonyl (C=S) groups is 1. The number of hydrogen-bond donors (Lipinski definition) is 2. The van der Waals surface area contributed by atoms with Gasteiger partial charge in [0.05, 0.1) is 10.2 Å². The molecule has 5 rings (SSSR count). The van der Waals surface area contributed by atoms with Crippen LogP contribution in [0.25, 0.3) is 31.9 Å². The van der Waals surface area contributed by atoms with Crippen LogP contribution in [0.5, 0.6) is 0 Å². The highest BCUT2D eigenvalue weighted by Gasteiger charge is 2.11. The number of para-hydroxylation sites is 1. The van der Waals surface area contributed by atoms with Gasteiger partial charge in [0.25, 0.3) is 5.91 Å². The highest BCUT2D eigenvalue weighted by molar-refractivity contribution is 7.80. The van der Waals surface area contributed by atoms with Gasteiger partial charge in [0, 0.05) is 16.8 Å². The van der Waals surface area contributed by atoms with E-state index in [2.05, 4.69) is 22.8 Å². The van der Waals surface area contributed by atoms with Crippen LogP contribution < -0.4 is 10.6 Å². The number of carbonyl (C=O) groups excluding carboxylic acids is 1. The van der Waals surface area contributed by atoms with Gasteiger partial charge in [-0.25, -0.2) is 4.98 Å². The molecule has 1 amide bonds. The molecule has 0 saturated carbocycles. The van der Waals surface area contributed by atoms with Crippen molar-refractivity contribution in [3.8, 4) is 21.7 Å². The number of hydrogen-bond acceptors (Lipinski definition) is 4. The quantitative estimate of drug-likeness (QED) is 0.271. The monoisotopic (exact) mass is 479 g/mol. The summed E-state index contributed by atoms with van der Waals surface area (Å²) >= 11 is 7.06. The molecule has 0 spiro atoms. The molecule has 4 nitrogen and oxygen atoms in total. The zero-order valence-corrected chi connectivity index (χ0v) is 20.0. The highest BCUT2D eigenvalue weighted by atomic mass is 32.1. The predicted octanol–water partition coefficient (Wildman–Crippen LogP) is 7.07. The van der Waals surface area contributed by atoms with E-state index >= 15 is 0 Å². The smallest absolute Gasteiger partial charge is 0.257 e. The maximum atomic E-state index is 12.7. The molecule has 0 radical (unpaired) electrons. The van der Waals surface area contributed by atoms with Crippen LogP contribution in [-0.4, -0.2) is 16.0 Å². The van der Waals surface area contributed by atoms with E-state index in [1.54, 1.807) is 23.5 Å². The van der Waals surface area contributed by atoms with Crippen molar-refractivity contribution in [1.82, 2.24) is 10.3 Å². The zero-order chi connectivity index (χ0) is 23.5. The second kappa shape index (κ2) is 9.55. The van der Waals surface area contributed by atoms with Gasteiger partial charge in [0.15, 0.2) is 5.11 Å². The van der Waals surface area contributed by atoms with Crippen molar-refractivity contribution in [2.45, 2.75) is 6.92 Å². The number of rotatable bonds is 4. The van der Waals surface area contributed by atoms with Crippen molar-refractivity contribution in [2.75, 3.05) is 5.32 Å². The summed E-state index contributed by atoms with van der Waals surface area (Å²) in [6.07, 6.45) is 0. The first-order chi connectivity index (χ1) is 16.6. The van der Waals surface area contributed by atoms with Gasteiger partial charge < -0.3 is 5.32 Å². The van der Waals surface area contributed by atoms with E-state index in [0.717, 1.165) is 43.2 Å². The van der Waals surface area contributed by atoms with Gasteiger partial charge in [-0.15, -0.1) is 11.3 Å². The number of amides is 1. The molecule has 5 aromatic rings. The summed E-state index contributed by atoms with van der Waals surface area (Å²) in [6, 6.07) is 31.7. The number of nitrogens with one attached hydrogen (secondary N) is 2. The van der Waals surface area contributed by atoms with E-state index in [-0.39, 0.29) is 11.0 Å². The minimum Gasteiger partial charge on any atom is -0.332 e. The van der Waals surface area contributed by atoms with Crippen molar-refractivity contribution in [3.05, 3.63) is 108 Å². The average Bonchev–Trinajstić information content (AvgIpc) is 3.30. The van der Waals surface area contributed by atoms with E-state index in [4.69, 9.17) is 17.2 Å². The highest BCUT2D eigenvalue weighted by Crippen LogP contribution is 2.32. The standard InChI is InChI=1S/C28H21N3OS2/c1-18-17-22(27-29-24-9-5-6-10-25(24)34-27)15-16-23(18)30-28(33)31-26(32)21-13-11-20(12-14-21)19-7-3-2-4-8-19/h2-17H,1H3,(H2,30,31,32,33). The SMILES string of the molecule is Cc1cc(-c2nc3ccccc3s2)ccc1NC(=S)NC(=O)c1ccc(-c2ccccc2)cc1. The lowest BCUT2D eigenvalue weighted by molar-refractivity contribution is 0.0977. The fourth-order valence-corrected chi connectivity index (χ4v) is 4.87.